The molecule has 0 heterocycles. The van der Waals surface area contributed by atoms with E-state index in [9.17, 15) is 9.59 Å². The number of carbonyl (C=O) groups is 2. The largest absolute Gasteiger partial charge is 0.493 e. The second kappa shape index (κ2) is 9.68. The summed E-state index contributed by atoms with van der Waals surface area (Å²) in [6, 6.07) is 11.0. The number of primary amides is 1. The fourth-order valence-corrected chi connectivity index (χ4v) is 2.74. The van der Waals surface area contributed by atoms with Crippen LogP contribution < -0.4 is 20.5 Å². The first-order chi connectivity index (χ1) is 12.9. The zero-order valence-corrected chi connectivity index (χ0v) is 15.6. The standard InChI is InChI=1S/C19H21ClN2O5/c1-26-16-9-13(8-15(20)19(16)27-11-17(21)23)10-22-14-4-2-3-12(7-14)5-6-18(24)25/h2-4,7-9,22H,5-6,10-11H2,1H3,(H2,21,23)(H,24,25). The van der Waals surface area contributed by atoms with Crippen molar-refractivity contribution in [2.45, 2.75) is 19.4 Å². The number of carbonyl (C=O) groups excluding carboxylic acids is 1. The number of rotatable bonds is 10. The van der Waals surface area contributed by atoms with Crippen LogP contribution >= 0.6 is 11.6 Å². The maximum atomic E-state index is 10.9. The number of anilines is 1. The predicted octanol–water partition coefficient (Wildman–Crippen LogP) is 2.84. The van der Waals surface area contributed by atoms with Gasteiger partial charge < -0.3 is 25.6 Å². The summed E-state index contributed by atoms with van der Waals surface area (Å²) in [5.74, 6) is -0.775. The van der Waals surface area contributed by atoms with Gasteiger partial charge in [0.2, 0.25) is 0 Å². The first-order valence-corrected chi connectivity index (χ1v) is 8.59. The third kappa shape index (κ3) is 6.38. The van der Waals surface area contributed by atoms with Gasteiger partial charge in [-0.3, -0.25) is 9.59 Å². The minimum Gasteiger partial charge on any atom is -0.493 e. The lowest BCUT2D eigenvalue weighted by molar-refractivity contribution is -0.137. The number of carboxylic acids is 1. The molecule has 0 bridgehead atoms. The first-order valence-electron chi connectivity index (χ1n) is 8.21. The molecule has 0 aliphatic rings. The molecule has 2 aromatic rings. The molecule has 0 aliphatic carbocycles. The zero-order valence-electron chi connectivity index (χ0n) is 14.8. The van der Waals surface area contributed by atoms with E-state index in [-0.39, 0.29) is 18.8 Å². The predicted molar refractivity (Wildman–Crippen MR) is 102 cm³/mol. The number of carboxylic acid groups (broad SMARTS) is 1. The molecular formula is C19H21ClN2O5. The maximum absolute atomic E-state index is 10.9. The summed E-state index contributed by atoms with van der Waals surface area (Å²) >= 11 is 6.23. The van der Waals surface area contributed by atoms with Crippen molar-refractivity contribution in [1.29, 1.82) is 0 Å². The van der Waals surface area contributed by atoms with Crippen LogP contribution in [0.25, 0.3) is 0 Å². The number of amides is 1. The molecule has 0 saturated heterocycles. The van der Waals surface area contributed by atoms with E-state index < -0.39 is 11.9 Å². The van der Waals surface area contributed by atoms with Crippen LogP contribution in [-0.4, -0.2) is 30.7 Å². The quantitative estimate of drug-likeness (QED) is 0.573. The number of ether oxygens (including phenoxy) is 2. The lowest BCUT2D eigenvalue weighted by Gasteiger charge is -2.14. The maximum Gasteiger partial charge on any atom is 0.303 e. The van der Waals surface area contributed by atoms with Gasteiger partial charge >= 0.3 is 5.97 Å². The molecule has 0 aromatic heterocycles. The molecule has 2 rings (SSSR count). The Bertz CT molecular complexity index is 826. The van der Waals surface area contributed by atoms with Crippen molar-refractivity contribution in [2.24, 2.45) is 5.73 Å². The van der Waals surface area contributed by atoms with Crippen LogP contribution in [0.1, 0.15) is 17.5 Å². The summed E-state index contributed by atoms with van der Waals surface area (Å²) in [6.45, 7) is 0.172. The molecule has 1 amide bonds. The number of nitrogens with two attached hydrogens (primary N) is 1. The molecule has 4 N–H and O–H groups in total. The monoisotopic (exact) mass is 392 g/mol. The van der Waals surface area contributed by atoms with Crippen LogP contribution in [-0.2, 0) is 22.6 Å². The number of hydrogen-bond donors (Lipinski definition) is 3. The molecule has 0 fully saturated rings. The fourth-order valence-electron chi connectivity index (χ4n) is 2.45. The molecule has 27 heavy (non-hydrogen) atoms. The molecule has 0 atom stereocenters. The molecule has 8 heteroatoms. The van der Waals surface area contributed by atoms with Crippen molar-refractivity contribution >= 4 is 29.2 Å². The number of aliphatic carboxylic acids is 1. The summed E-state index contributed by atoms with van der Waals surface area (Å²) in [5.41, 5.74) is 7.73. The lowest BCUT2D eigenvalue weighted by atomic mass is 10.1. The summed E-state index contributed by atoms with van der Waals surface area (Å²) in [5, 5.41) is 12.4. The number of halogens is 1. The van der Waals surface area contributed by atoms with Crippen LogP contribution in [0.15, 0.2) is 36.4 Å². The molecule has 0 spiro atoms. The SMILES string of the molecule is COc1cc(CNc2cccc(CCC(=O)O)c2)cc(Cl)c1OCC(N)=O. The van der Waals surface area contributed by atoms with E-state index in [0.29, 0.717) is 23.7 Å². The number of nitrogens with one attached hydrogen (secondary N) is 1. The van der Waals surface area contributed by atoms with Gasteiger partial charge in [0.05, 0.1) is 12.1 Å². The number of methoxy groups -OCH3 is 1. The minimum atomic E-state index is -0.825. The van der Waals surface area contributed by atoms with Gasteiger partial charge in [0.15, 0.2) is 18.1 Å². The second-order valence-corrected chi connectivity index (χ2v) is 6.22. The van der Waals surface area contributed by atoms with Gasteiger partial charge in [0, 0.05) is 18.7 Å². The van der Waals surface area contributed by atoms with Crippen molar-refractivity contribution in [3.8, 4) is 11.5 Å². The Kier molecular flexibility index (Phi) is 7.31. The molecule has 0 radical (unpaired) electrons. The van der Waals surface area contributed by atoms with Crippen molar-refractivity contribution < 1.29 is 24.2 Å². The molecule has 0 saturated carbocycles. The van der Waals surface area contributed by atoms with Gasteiger partial charge in [-0.05, 0) is 41.8 Å². The van der Waals surface area contributed by atoms with E-state index in [1.54, 1.807) is 12.1 Å². The van der Waals surface area contributed by atoms with Crippen molar-refractivity contribution in [2.75, 3.05) is 19.0 Å². The van der Waals surface area contributed by atoms with Gasteiger partial charge in [-0.1, -0.05) is 23.7 Å². The Morgan fingerprint density at radius 1 is 1.22 bits per heavy atom. The van der Waals surface area contributed by atoms with Gasteiger partial charge in [0.1, 0.15) is 0 Å². The molecule has 7 nitrogen and oxygen atoms in total. The summed E-state index contributed by atoms with van der Waals surface area (Å²) < 4.78 is 10.6. The Balaban J connectivity index is 2.07. The van der Waals surface area contributed by atoms with Gasteiger partial charge in [-0.15, -0.1) is 0 Å². The van der Waals surface area contributed by atoms with E-state index in [1.165, 1.54) is 7.11 Å². The average molecular weight is 393 g/mol. The summed E-state index contributed by atoms with van der Waals surface area (Å²) in [7, 11) is 1.48. The van der Waals surface area contributed by atoms with Crippen molar-refractivity contribution in [3.63, 3.8) is 0 Å². The smallest absolute Gasteiger partial charge is 0.303 e. The third-order valence-electron chi connectivity index (χ3n) is 3.70. The van der Waals surface area contributed by atoms with E-state index in [0.717, 1.165) is 16.8 Å². The van der Waals surface area contributed by atoms with Crippen LogP contribution in [0.2, 0.25) is 5.02 Å². The van der Waals surface area contributed by atoms with E-state index in [2.05, 4.69) is 5.32 Å². The van der Waals surface area contributed by atoms with Crippen molar-refractivity contribution in [3.05, 3.63) is 52.5 Å². The number of hydrogen-bond acceptors (Lipinski definition) is 5. The Hall–Kier alpha value is -2.93. The average Bonchev–Trinajstić information content (AvgIpc) is 2.63. The van der Waals surface area contributed by atoms with Gasteiger partial charge in [-0.2, -0.15) is 0 Å². The zero-order chi connectivity index (χ0) is 19.8. The third-order valence-corrected chi connectivity index (χ3v) is 3.98. The van der Waals surface area contributed by atoms with Crippen LogP contribution in [0, 0.1) is 0 Å². The van der Waals surface area contributed by atoms with E-state index >= 15 is 0 Å². The highest BCUT2D eigenvalue weighted by atomic mass is 35.5. The number of aryl methyl sites for hydroxylation is 1. The normalized spacial score (nSPS) is 10.3. The van der Waals surface area contributed by atoms with Gasteiger partial charge in [-0.25, -0.2) is 0 Å². The lowest BCUT2D eigenvalue weighted by Crippen LogP contribution is -2.20. The summed E-state index contributed by atoms with van der Waals surface area (Å²) in [4.78, 5) is 21.6. The highest BCUT2D eigenvalue weighted by molar-refractivity contribution is 6.32. The molecule has 2 aromatic carbocycles. The minimum absolute atomic E-state index is 0.0863. The molecule has 0 aliphatic heterocycles. The fraction of sp³-hybridized carbons (Fsp3) is 0.263. The highest BCUT2D eigenvalue weighted by Gasteiger charge is 2.13. The van der Waals surface area contributed by atoms with Crippen LogP contribution in [0.5, 0.6) is 11.5 Å². The second-order valence-electron chi connectivity index (χ2n) is 5.81. The van der Waals surface area contributed by atoms with E-state index in [4.69, 9.17) is 31.9 Å². The first kappa shape index (κ1) is 20.4. The molecule has 0 unspecified atom stereocenters. The van der Waals surface area contributed by atoms with Crippen LogP contribution in [0.4, 0.5) is 5.69 Å². The molecular weight excluding hydrogens is 372 g/mol. The summed E-state index contributed by atoms with van der Waals surface area (Å²) in [6.07, 6.45) is 0.555. The Morgan fingerprint density at radius 2 is 2.00 bits per heavy atom. The van der Waals surface area contributed by atoms with E-state index in [1.807, 2.05) is 24.3 Å². The molecule has 144 valence electrons. The Labute approximate surface area is 162 Å². The van der Waals surface area contributed by atoms with Gasteiger partial charge in [0.25, 0.3) is 5.91 Å². The Morgan fingerprint density at radius 3 is 2.67 bits per heavy atom. The van der Waals surface area contributed by atoms with Crippen LogP contribution in [0.3, 0.4) is 0 Å². The highest BCUT2D eigenvalue weighted by Crippen LogP contribution is 2.36. The topological polar surface area (TPSA) is 111 Å². The number of benzene rings is 2. The van der Waals surface area contributed by atoms with Crippen molar-refractivity contribution in [1.82, 2.24) is 0 Å².